The molecule has 0 bridgehead atoms. The number of methoxy groups -OCH3 is 1. The third kappa shape index (κ3) is 2.82. The summed E-state index contributed by atoms with van der Waals surface area (Å²) in [5.41, 5.74) is 1.31. The first kappa shape index (κ1) is 15.2. The summed E-state index contributed by atoms with van der Waals surface area (Å²) >= 11 is 0. The predicted octanol–water partition coefficient (Wildman–Crippen LogP) is 2.93. The number of esters is 1. The van der Waals surface area contributed by atoms with Crippen molar-refractivity contribution >= 4 is 17.6 Å². The van der Waals surface area contributed by atoms with Crippen molar-refractivity contribution in [3.8, 4) is 0 Å². The fraction of sp³-hybridized carbons (Fsp3) is 0.278. The smallest absolute Gasteiger partial charge is 0.316 e. The molecule has 1 aromatic carbocycles. The van der Waals surface area contributed by atoms with Crippen molar-refractivity contribution in [3.63, 3.8) is 0 Å². The summed E-state index contributed by atoms with van der Waals surface area (Å²) in [5, 5.41) is 2.82. The number of carbonyl (C=O) groups is 2. The average Bonchev–Trinajstić information content (AvgIpc) is 2.55. The summed E-state index contributed by atoms with van der Waals surface area (Å²) in [6.07, 6.45) is 4.13. The number of aromatic nitrogens is 1. The van der Waals surface area contributed by atoms with Crippen LogP contribution in [-0.2, 0) is 14.9 Å². The Hall–Kier alpha value is -2.69. The minimum absolute atomic E-state index is 0.211. The lowest BCUT2D eigenvalue weighted by atomic mass is 9.64. The van der Waals surface area contributed by atoms with Crippen LogP contribution in [0.2, 0.25) is 0 Å². The molecule has 118 valence electrons. The van der Waals surface area contributed by atoms with Crippen LogP contribution in [0.5, 0.6) is 0 Å². The highest BCUT2D eigenvalue weighted by molar-refractivity contribution is 6.02. The zero-order valence-corrected chi connectivity index (χ0v) is 12.9. The molecular formula is C18H18N2O3. The van der Waals surface area contributed by atoms with Crippen LogP contribution >= 0.6 is 0 Å². The first-order chi connectivity index (χ1) is 11.2. The van der Waals surface area contributed by atoms with Crippen molar-refractivity contribution in [2.75, 3.05) is 12.4 Å². The van der Waals surface area contributed by atoms with Gasteiger partial charge in [0.15, 0.2) is 0 Å². The fourth-order valence-corrected chi connectivity index (χ4v) is 2.92. The largest absolute Gasteiger partial charge is 0.468 e. The second-order valence-corrected chi connectivity index (χ2v) is 5.68. The molecular weight excluding hydrogens is 292 g/mol. The molecule has 1 aliphatic rings. The quantitative estimate of drug-likeness (QED) is 0.882. The molecule has 1 saturated carbocycles. The highest BCUT2D eigenvalue weighted by atomic mass is 16.5. The Morgan fingerprint density at radius 2 is 2.00 bits per heavy atom. The lowest BCUT2D eigenvalue weighted by Gasteiger charge is -2.39. The van der Waals surface area contributed by atoms with E-state index in [1.165, 1.54) is 7.11 Å². The first-order valence-electron chi connectivity index (χ1n) is 7.57. The lowest BCUT2D eigenvalue weighted by Crippen LogP contribution is -2.43. The first-order valence-corrected chi connectivity index (χ1v) is 7.57. The third-order valence-corrected chi connectivity index (χ3v) is 4.35. The van der Waals surface area contributed by atoms with E-state index in [1.807, 2.05) is 18.2 Å². The van der Waals surface area contributed by atoms with Gasteiger partial charge in [-0.05, 0) is 42.7 Å². The van der Waals surface area contributed by atoms with Gasteiger partial charge in [0, 0.05) is 11.9 Å². The topological polar surface area (TPSA) is 68.3 Å². The summed E-state index contributed by atoms with van der Waals surface area (Å²) in [4.78, 5) is 28.4. The Bertz CT molecular complexity index is 724. The Labute approximate surface area is 134 Å². The van der Waals surface area contributed by atoms with Gasteiger partial charge in [0.25, 0.3) is 5.91 Å². The van der Waals surface area contributed by atoms with Gasteiger partial charge in [-0.25, -0.2) is 0 Å². The standard InChI is InChI=1S/C18H18N2O3/c1-23-17(22)18(9-5-10-18)13-6-4-7-14(12-13)20-16(21)15-8-2-3-11-19-15/h2-4,6-8,11-12H,5,9-10H2,1H3,(H,20,21). The second-order valence-electron chi connectivity index (χ2n) is 5.68. The minimum Gasteiger partial charge on any atom is -0.468 e. The van der Waals surface area contributed by atoms with E-state index in [1.54, 1.807) is 30.5 Å². The van der Waals surface area contributed by atoms with Gasteiger partial charge in [0.1, 0.15) is 5.69 Å². The van der Waals surface area contributed by atoms with E-state index in [4.69, 9.17) is 4.74 Å². The molecule has 1 N–H and O–H groups in total. The zero-order chi connectivity index (χ0) is 16.3. The molecule has 23 heavy (non-hydrogen) atoms. The van der Waals surface area contributed by atoms with Crippen molar-refractivity contribution in [2.45, 2.75) is 24.7 Å². The molecule has 0 aliphatic heterocycles. The molecule has 2 aromatic rings. The second kappa shape index (κ2) is 6.20. The number of anilines is 1. The highest BCUT2D eigenvalue weighted by Crippen LogP contribution is 2.45. The van der Waals surface area contributed by atoms with Gasteiger partial charge in [-0.3, -0.25) is 14.6 Å². The van der Waals surface area contributed by atoms with Gasteiger partial charge in [0.2, 0.25) is 0 Å². The normalized spacial score (nSPS) is 15.3. The van der Waals surface area contributed by atoms with Crippen LogP contribution in [-0.4, -0.2) is 24.0 Å². The maximum Gasteiger partial charge on any atom is 0.316 e. The van der Waals surface area contributed by atoms with Crippen LogP contribution in [0.3, 0.4) is 0 Å². The van der Waals surface area contributed by atoms with E-state index in [-0.39, 0.29) is 11.9 Å². The van der Waals surface area contributed by atoms with Crippen LogP contribution in [0.15, 0.2) is 48.7 Å². The lowest BCUT2D eigenvalue weighted by molar-refractivity contribution is -0.151. The molecule has 0 atom stereocenters. The van der Waals surface area contributed by atoms with Gasteiger partial charge in [-0.15, -0.1) is 0 Å². The number of nitrogens with zero attached hydrogens (tertiary/aromatic N) is 1. The number of nitrogens with one attached hydrogen (secondary N) is 1. The van der Waals surface area contributed by atoms with Crippen molar-refractivity contribution in [3.05, 3.63) is 59.9 Å². The third-order valence-electron chi connectivity index (χ3n) is 4.35. The Kier molecular flexibility index (Phi) is 4.10. The molecule has 1 fully saturated rings. The van der Waals surface area contributed by atoms with E-state index in [9.17, 15) is 9.59 Å². The number of pyridine rings is 1. The van der Waals surface area contributed by atoms with Crippen LogP contribution in [0.4, 0.5) is 5.69 Å². The Balaban J connectivity index is 1.83. The van der Waals surface area contributed by atoms with Gasteiger partial charge >= 0.3 is 5.97 Å². The van der Waals surface area contributed by atoms with Gasteiger partial charge in [-0.2, -0.15) is 0 Å². The number of carbonyl (C=O) groups excluding carboxylic acids is 2. The Morgan fingerprint density at radius 1 is 1.17 bits per heavy atom. The molecule has 0 unspecified atom stereocenters. The summed E-state index contributed by atoms with van der Waals surface area (Å²) in [7, 11) is 1.41. The Morgan fingerprint density at radius 3 is 2.61 bits per heavy atom. The van der Waals surface area contributed by atoms with Crippen molar-refractivity contribution < 1.29 is 14.3 Å². The SMILES string of the molecule is COC(=O)C1(c2cccc(NC(=O)c3ccccn3)c2)CCC1. The number of hydrogen-bond acceptors (Lipinski definition) is 4. The summed E-state index contributed by atoms with van der Waals surface area (Å²) in [5.74, 6) is -0.486. The van der Waals surface area contributed by atoms with Crippen LogP contribution in [0.1, 0.15) is 35.3 Å². The molecule has 5 heteroatoms. The molecule has 3 rings (SSSR count). The molecule has 0 spiro atoms. The molecule has 0 saturated heterocycles. The van der Waals surface area contributed by atoms with E-state index < -0.39 is 5.41 Å². The van der Waals surface area contributed by atoms with Gasteiger partial charge in [0.05, 0.1) is 12.5 Å². The molecule has 1 heterocycles. The minimum atomic E-state index is -0.569. The van der Waals surface area contributed by atoms with E-state index in [2.05, 4.69) is 10.3 Å². The molecule has 1 aromatic heterocycles. The number of ether oxygens (including phenoxy) is 1. The molecule has 0 radical (unpaired) electrons. The number of hydrogen-bond donors (Lipinski definition) is 1. The maximum absolute atomic E-state index is 12.2. The van der Waals surface area contributed by atoms with Gasteiger partial charge < -0.3 is 10.1 Å². The average molecular weight is 310 g/mol. The summed E-state index contributed by atoms with van der Waals surface area (Å²) < 4.78 is 4.97. The van der Waals surface area contributed by atoms with Crippen LogP contribution in [0, 0.1) is 0 Å². The summed E-state index contributed by atoms with van der Waals surface area (Å²) in [6, 6.07) is 12.6. The van der Waals surface area contributed by atoms with E-state index in [0.717, 1.165) is 24.8 Å². The number of rotatable bonds is 4. The molecule has 1 amide bonds. The molecule has 5 nitrogen and oxygen atoms in total. The maximum atomic E-state index is 12.2. The van der Waals surface area contributed by atoms with Crippen molar-refractivity contribution in [1.29, 1.82) is 0 Å². The predicted molar refractivity (Wildman–Crippen MR) is 86.2 cm³/mol. The van der Waals surface area contributed by atoms with E-state index >= 15 is 0 Å². The summed E-state index contributed by atoms with van der Waals surface area (Å²) in [6.45, 7) is 0. The van der Waals surface area contributed by atoms with Crippen LogP contribution in [0.25, 0.3) is 0 Å². The van der Waals surface area contributed by atoms with E-state index in [0.29, 0.717) is 11.4 Å². The number of benzene rings is 1. The molecule has 1 aliphatic carbocycles. The van der Waals surface area contributed by atoms with Crippen molar-refractivity contribution in [1.82, 2.24) is 4.98 Å². The highest BCUT2D eigenvalue weighted by Gasteiger charge is 2.46. The van der Waals surface area contributed by atoms with Crippen molar-refractivity contribution in [2.24, 2.45) is 0 Å². The zero-order valence-electron chi connectivity index (χ0n) is 12.9. The monoisotopic (exact) mass is 310 g/mol. The number of amides is 1. The van der Waals surface area contributed by atoms with Gasteiger partial charge in [-0.1, -0.05) is 24.6 Å². The van der Waals surface area contributed by atoms with Crippen LogP contribution < -0.4 is 5.32 Å². The fourth-order valence-electron chi connectivity index (χ4n) is 2.92.